The molecule has 0 amide bonds. The number of rotatable bonds is 5. The van der Waals surface area contributed by atoms with E-state index in [1.54, 1.807) is 43.4 Å². The van der Waals surface area contributed by atoms with Crippen LogP contribution in [0.2, 0.25) is 0 Å². The molecule has 2 aromatic heterocycles. The van der Waals surface area contributed by atoms with Crippen LogP contribution >= 0.6 is 0 Å². The second-order valence-electron chi connectivity index (χ2n) is 8.98. The van der Waals surface area contributed by atoms with Crippen LogP contribution in [0.25, 0.3) is 22.2 Å². The first-order valence-electron chi connectivity index (χ1n) is 11.7. The molecular weight excluding hydrogens is 493 g/mol. The Balaban J connectivity index is 1.62. The first-order valence-corrected chi connectivity index (χ1v) is 11.7. The number of aryl methyl sites for hydroxylation is 1. The SMILES string of the molecule is C[C@@H]1CNCCN1c1cc2c(cn1)c(-c1cc(C(F)(F)F)c(F)c(OCc3ccccc3)c1F)nn2C. The van der Waals surface area contributed by atoms with Gasteiger partial charge in [-0.3, -0.25) is 4.68 Å². The maximum Gasteiger partial charge on any atom is 0.419 e. The van der Waals surface area contributed by atoms with Gasteiger partial charge in [0.1, 0.15) is 18.1 Å². The first kappa shape index (κ1) is 24.9. The van der Waals surface area contributed by atoms with Crippen LogP contribution in [0.15, 0.2) is 48.7 Å². The second-order valence-corrected chi connectivity index (χ2v) is 8.98. The summed E-state index contributed by atoms with van der Waals surface area (Å²) in [5.74, 6) is -3.50. The number of fused-ring (bicyclic) bond motifs is 1. The molecule has 0 bridgehead atoms. The Hall–Kier alpha value is -3.73. The smallest absolute Gasteiger partial charge is 0.419 e. The summed E-state index contributed by atoms with van der Waals surface area (Å²) < 4.78 is 78.6. The standard InChI is InChI=1S/C26H24F5N5O/c1-15-12-32-8-9-36(15)21-11-20-18(13-33-21)24(34-35(20)2)17-10-19(26(29,30)31)23(28)25(22(17)27)37-14-16-6-4-3-5-7-16/h3-7,10-11,13,15,32H,8-9,12,14H2,1-2H3/t15-/m1/s1. The molecule has 4 aromatic rings. The molecule has 0 saturated carbocycles. The molecule has 1 aliphatic rings. The van der Waals surface area contributed by atoms with Crippen molar-refractivity contribution in [2.75, 3.05) is 24.5 Å². The zero-order chi connectivity index (χ0) is 26.3. The van der Waals surface area contributed by atoms with Gasteiger partial charge in [0.05, 0.1) is 11.1 Å². The van der Waals surface area contributed by atoms with Crippen LogP contribution in [0.3, 0.4) is 0 Å². The fourth-order valence-corrected chi connectivity index (χ4v) is 4.53. The van der Waals surface area contributed by atoms with Gasteiger partial charge < -0.3 is 15.0 Å². The minimum Gasteiger partial charge on any atom is -0.483 e. The van der Waals surface area contributed by atoms with Crippen molar-refractivity contribution in [1.29, 1.82) is 0 Å². The van der Waals surface area contributed by atoms with E-state index in [9.17, 15) is 17.6 Å². The summed E-state index contributed by atoms with van der Waals surface area (Å²) in [4.78, 5) is 6.60. The number of anilines is 1. The van der Waals surface area contributed by atoms with E-state index in [1.165, 1.54) is 10.9 Å². The molecule has 1 fully saturated rings. The van der Waals surface area contributed by atoms with E-state index in [1.807, 2.05) is 0 Å². The molecule has 1 N–H and O–H groups in total. The number of nitrogens with zero attached hydrogens (tertiary/aromatic N) is 4. The quantitative estimate of drug-likeness (QED) is 0.364. The van der Waals surface area contributed by atoms with Gasteiger partial charge in [0, 0.05) is 55.9 Å². The Morgan fingerprint density at radius 2 is 1.86 bits per heavy atom. The highest BCUT2D eigenvalue weighted by molar-refractivity contribution is 5.94. The Morgan fingerprint density at radius 1 is 1.11 bits per heavy atom. The Kier molecular flexibility index (Phi) is 6.49. The molecule has 194 valence electrons. The van der Waals surface area contributed by atoms with E-state index < -0.39 is 34.7 Å². The normalized spacial score (nSPS) is 16.4. The third-order valence-electron chi connectivity index (χ3n) is 6.46. The lowest BCUT2D eigenvalue weighted by molar-refractivity contribution is -0.140. The fraction of sp³-hybridized carbons (Fsp3) is 0.308. The number of aromatic nitrogens is 3. The van der Waals surface area contributed by atoms with Gasteiger partial charge in [0.2, 0.25) is 0 Å². The lowest BCUT2D eigenvalue weighted by Gasteiger charge is -2.34. The average molecular weight is 518 g/mol. The van der Waals surface area contributed by atoms with E-state index in [0.717, 1.165) is 19.6 Å². The van der Waals surface area contributed by atoms with E-state index in [0.29, 0.717) is 28.4 Å². The Morgan fingerprint density at radius 3 is 2.57 bits per heavy atom. The highest BCUT2D eigenvalue weighted by Gasteiger charge is 2.38. The molecule has 1 atom stereocenters. The minimum atomic E-state index is -5.08. The van der Waals surface area contributed by atoms with Gasteiger partial charge in [-0.2, -0.15) is 18.3 Å². The van der Waals surface area contributed by atoms with Crippen molar-refractivity contribution in [3.8, 4) is 17.0 Å². The zero-order valence-electron chi connectivity index (χ0n) is 20.1. The van der Waals surface area contributed by atoms with Crippen LogP contribution in [0.4, 0.5) is 27.8 Å². The highest BCUT2D eigenvalue weighted by atomic mass is 19.4. The van der Waals surface area contributed by atoms with Gasteiger partial charge in [-0.25, -0.2) is 13.8 Å². The van der Waals surface area contributed by atoms with Crippen molar-refractivity contribution in [3.63, 3.8) is 0 Å². The molecule has 37 heavy (non-hydrogen) atoms. The summed E-state index contributed by atoms with van der Waals surface area (Å²) in [6, 6.07) is 10.8. The largest absolute Gasteiger partial charge is 0.483 e. The lowest BCUT2D eigenvalue weighted by Crippen LogP contribution is -2.50. The van der Waals surface area contributed by atoms with E-state index in [4.69, 9.17) is 4.74 Å². The molecule has 1 aliphatic heterocycles. The average Bonchev–Trinajstić information content (AvgIpc) is 3.19. The van der Waals surface area contributed by atoms with Crippen molar-refractivity contribution >= 4 is 16.7 Å². The Labute approximate surface area is 209 Å². The van der Waals surface area contributed by atoms with Crippen LogP contribution in [-0.2, 0) is 19.8 Å². The molecular formula is C26H24F5N5O. The number of hydrogen-bond donors (Lipinski definition) is 1. The van der Waals surface area contributed by atoms with Crippen molar-refractivity contribution in [3.05, 3.63) is 71.4 Å². The minimum absolute atomic E-state index is 0.0857. The third-order valence-corrected chi connectivity index (χ3v) is 6.46. The number of pyridine rings is 1. The summed E-state index contributed by atoms with van der Waals surface area (Å²) in [5.41, 5.74) is -1.15. The van der Waals surface area contributed by atoms with Crippen LogP contribution in [0, 0.1) is 11.6 Å². The van der Waals surface area contributed by atoms with Crippen molar-refractivity contribution in [1.82, 2.24) is 20.1 Å². The number of nitrogens with one attached hydrogen (secondary N) is 1. The molecule has 6 nitrogen and oxygen atoms in total. The molecule has 2 aromatic carbocycles. The molecule has 0 unspecified atom stereocenters. The van der Waals surface area contributed by atoms with Crippen molar-refractivity contribution < 1.29 is 26.7 Å². The summed E-state index contributed by atoms with van der Waals surface area (Å²) >= 11 is 0. The van der Waals surface area contributed by atoms with Gasteiger partial charge in [-0.15, -0.1) is 0 Å². The van der Waals surface area contributed by atoms with Crippen LogP contribution in [0.1, 0.15) is 18.1 Å². The first-order chi connectivity index (χ1) is 17.6. The highest BCUT2D eigenvalue weighted by Crippen LogP contribution is 2.42. The predicted octanol–water partition coefficient (Wildman–Crippen LogP) is 5.31. The zero-order valence-corrected chi connectivity index (χ0v) is 20.1. The molecule has 0 spiro atoms. The maximum absolute atomic E-state index is 15.6. The molecule has 5 rings (SSSR count). The second kappa shape index (κ2) is 9.62. The Bertz CT molecular complexity index is 1440. The van der Waals surface area contributed by atoms with Crippen LogP contribution in [-0.4, -0.2) is 40.4 Å². The van der Waals surface area contributed by atoms with Crippen molar-refractivity contribution in [2.24, 2.45) is 7.05 Å². The number of ether oxygens (including phenoxy) is 1. The third kappa shape index (κ3) is 4.71. The van der Waals surface area contributed by atoms with Crippen LogP contribution in [0.5, 0.6) is 5.75 Å². The van der Waals surface area contributed by atoms with E-state index >= 15 is 4.39 Å². The summed E-state index contributed by atoms with van der Waals surface area (Å²) in [6.45, 7) is 4.03. The molecule has 0 aliphatic carbocycles. The van der Waals surface area contributed by atoms with E-state index in [2.05, 4.69) is 27.2 Å². The van der Waals surface area contributed by atoms with Gasteiger partial charge in [-0.05, 0) is 18.6 Å². The fourth-order valence-electron chi connectivity index (χ4n) is 4.53. The van der Waals surface area contributed by atoms with Gasteiger partial charge in [0.15, 0.2) is 17.4 Å². The van der Waals surface area contributed by atoms with Gasteiger partial charge in [0.25, 0.3) is 0 Å². The predicted molar refractivity (Wildman–Crippen MR) is 129 cm³/mol. The molecule has 1 saturated heterocycles. The van der Waals surface area contributed by atoms with E-state index in [-0.39, 0.29) is 18.3 Å². The summed E-state index contributed by atoms with van der Waals surface area (Å²) in [5, 5.41) is 7.93. The van der Waals surface area contributed by atoms with Gasteiger partial charge in [-0.1, -0.05) is 30.3 Å². The summed E-state index contributed by atoms with van der Waals surface area (Å²) in [7, 11) is 1.61. The molecule has 0 radical (unpaired) electrons. The number of hydrogen-bond acceptors (Lipinski definition) is 5. The molecule has 11 heteroatoms. The number of alkyl halides is 3. The topological polar surface area (TPSA) is 55.2 Å². The summed E-state index contributed by atoms with van der Waals surface area (Å²) in [6.07, 6.45) is -3.62. The van der Waals surface area contributed by atoms with Gasteiger partial charge >= 0.3 is 6.18 Å². The lowest BCUT2D eigenvalue weighted by atomic mass is 10.0. The maximum atomic E-state index is 15.6. The number of benzene rings is 2. The monoisotopic (exact) mass is 517 g/mol. The number of halogens is 5. The van der Waals surface area contributed by atoms with Crippen LogP contribution < -0.4 is 15.0 Å². The molecule has 3 heterocycles. The van der Waals surface area contributed by atoms with Crippen molar-refractivity contribution in [2.45, 2.75) is 25.7 Å². The number of piperazine rings is 1.